The minimum Gasteiger partial charge on any atom is -0.454 e. The van der Waals surface area contributed by atoms with E-state index in [1.54, 1.807) is 6.21 Å². The number of carbonyl (C=O) groups excluding carboxylic acids is 1. The molecular weight excluding hydrogens is 244 g/mol. The first-order valence-corrected chi connectivity index (χ1v) is 6.51. The molecule has 0 radical (unpaired) electrons. The fourth-order valence-electron chi connectivity index (χ4n) is 1.76. The van der Waals surface area contributed by atoms with Crippen LogP contribution in [0.1, 0.15) is 38.2 Å². The third-order valence-electron chi connectivity index (χ3n) is 2.81. The number of ether oxygens (including phenoxy) is 2. The van der Waals surface area contributed by atoms with Gasteiger partial charge in [-0.2, -0.15) is 5.10 Å². The van der Waals surface area contributed by atoms with Gasteiger partial charge >= 0.3 is 0 Å². The van der Waals surface area contributed by atoms with Crippen LogP contribution in [0.4, 0.5) is 0 Å². The maximum absolute atomic E-state index is 11.4. The molecular formula is C14H18N2O3. The molecule has 0 atom stereocenters. The van der Waals surface area contributed by atoms with Crippen molar-refractivity contribution in [3.63, 3.8) is 0 Å². The van der Waals surface area contributed by atoms with E-state index in [9.17, 15) is 4.79 Å². The monoisotopic (exact) mass is 262 g/mol. The number of nitrogens with zero attached hydrogens (tertiary/aromatic N) is 1. The number of rotatable bonds is 6. The Labute approximate surface area is 112 Å². The molecule has 0 spiro atoms. The standard InChI is InChI=1S/C14H18N2O3/c1-2-3-4-5-14(17)16-15-9-11-6-7-12-13(8-11)19-10-18-12/h6-9H,2-5,10H2,1H3,(H,16,17)/b15-9-. The summed E-state index contributed by atoms with van der Waals surface area (Å²) >= 11 is 0. The Morgan fingerprint density at radius 1 is 1.37 bits per heavy atom. The van der Waals surface area contributed by atoms with Gasteiger partial charge in [0.05, 0.1) is 6.21 Å². The van der Waals surface area contributed by atoms with Crippen molar-refractivity contribution in [2.24, 2.45) is 5.10 Å². The van der Waals surface area contributed by atoms with Crippen LogP contribution in [0.2, 0.25) is 0 Å². The van der Waals surface area contributed by atoms with Gasteiger partial charge in [-0.15, -0.1) is 0 Å². The lowest BCUT2D eigenvalue weighted by Gasteiger charge is -1.99. The molecule has 0 aliphatic carbocycles. The Morgan fingerprint density at radius 3 is 3.05 bits per heavy atom. The fraction of sp³-hybridized carbons (Fsp3) is 0.429. The smallest absolute Gasteiger partial charge is 0.240 e. The summed E-state index contributed by atoms with van der Waals surface area (Å²) in [5.74, 6) is 1.39. The highest BCUT2D eigenvalue weighted by Crippen LogP contribution is 2.31. The lowest BCUT2D eigenvalue weighted by atomic mass is 10.2. The lowest BCUT2D eigenvalue weighted by molar-refractivity contribution is -0.121. The summed E-state index contributed by atoms with van der Waals surface area (Å²) in [7, 11) is 0. The second kappa shape index (κ2) is 6.78. The van der Waals surface area contributed by atoms with Crippen molar-refractivity contribution in [2.75, 3.05) is 6.79 Å². The van der Waals surface area contributed by atoms with Crippen LogP contribution in [0, 0.1) is 0 Å². The highest BCUT2D eigenvalue weighted by atomic mass is 16.7. The van der Waals surface area contributed by atoms with Crippen molar-refractivity contribution < 1.29 is 14.3 Å². The van der Waals surface area contributed by atoms with Crippen molar-refractivity contribution in [3.8, 4) is 11.5 Å². The van der Waals surface area contributed by atoms with Gasteiger partial charge in [-0.1, -0.05) is 19.8 Å². The predicted molar refractivity (Wildman–Crippen MR) is 72.4 cm³/mol. The summed E-state index contributed by atoms with van der Waals surface area (Å²) in [6.07, 6.45) is 5.20. The first-order chi connectivity index (χ1) is 9.29. The summed E-state index contributed by atoms with van der Waals surface area (Å²) in [6, 6.07) is 5.52. The van der Waals surface area contributed by atoms with Gasteiger partial charge in [0.1, 0.15) is 0 Å². The van der Waals surface area contributed by atoms with E-state index in [-0.39, 0.29) is 12.7 Å². The molecule has 1 aliphatic rings. The summed E-state index contributed by atoms with van der Waals surface area (Å²) in [5, 5.41) is 3.92. The van der Waals surface area contributed by atoms with Gasteiger partial charge in [-0.3, -0.25) is 4.79 Å². The number of hydrogen-bond donors (Lipinski definition) is 1. The number of hydrazone groups is 1. The number of fused-ring (bicyclic) bond motifs is 1. The number of amides is 1. The van der Waals surface area contributed by atoms with Gasteiger partial charge in [0.25, 0.3) is 0 Å². The van der Waals surface area contributed by atoms with Crippen LogP contribution < -0.4 is 14.9 Å². The summed E-state index contributed by atoms with van der Waals surface area (Å²) in [6.45, 7) is 2.36. The first-order valence-electron chi connectivity index (χ1n) is 6.51. The zero-order valence-electron chi connectivity index (χ0n) is 11.0. The molecule has 1 aromatic carbocycles. The molecule has 1 aliphatic heterocycles. The lowest BCUT2D eigenvalue weighted by Crippen LogP contribution is -2.16. The molecule has 1 N–H and O–H groups in total. The van der Waals surface area contributed by atoms with Crippen molar-refractivity contribution in [1.82, 2.24) is 5.43 Å². The Hall–Kier alpha value is -2.04. The largest absolute Gasteiger partial charge is 0.454 e. The van der Waals surface area contributed by atoms with E-state index in [1.807, 2.05) is 18.2 Å². The van der Waals surface area contributed by atoms with Crippen LogP contribution in [0.25, 0.3) is 0 Å². The van der Waals surface area contributed by atoms with Crippen LogP contribution in [0.3, 0.4) is 0 Å². The molecule has 19 heavy (non-hydrogen) atoms. The van der Waals surface area contributed by atoms with Crippen molar-refractivity contribution in [1.29, 1.82) is 0 Å². The molecule has 2 rings (SSSR count). The SMILES string of the molecule is CCCCCC(=O)N/N=C\c1ccc2c(c1)OCO2. The van der Waals surface area contributed by atoms with E-state index in [0.717, 1.165) is 30.6 Å². The summed E-state index contributed by atoms with van der Waals surface area (Å²) in [4.78, 5) is 11.4. The van der Waals surface area contributed by atoms with E-state index in [2.05, 4.69) is 17.5 Å². The molecule has 0 fully saturated rings. The van der Waals surface area contributed by atoms with Crippen molar-refractivity contribution >= 4 is 12.1 Å². The quantitative estimate of drug-likeness (QED) is 0.486. The minimum atomic E-state index is -0.0505. The Bertz CT molecular complexity index is 472. The number of hydrogen-bond acceptors (Lipinski definition) is 4. The van der Waals surface area contributed by atoms with E-state index in [4.69, 9.17) is 9.47 Å². The molecule has 0 saturated heterocycles. The average Bonchev–Trinajstić information content (AvgIpc) is 2.86. The van der Waals surface area contributed by atoms with E-state index in [1.165, 1.54) is 0 Å². The van der Waals surface area contributed by atoms with Crippen molar-refractivity contribution in [3.05, 3.63) is 23.8 Å². The third-order valence-corrected chi connectivity index (χ3v) is 2.81. The number of unbranched alkanes of at least 4 members (excludes halogenated alkanes) is 2. The topological polar surface area (TPSA) is 59.9 Å². The second-order valence-corrected chi connectivity index (χ2v) is 4.36. The zero-order chi connectivity index (χ0) is 13.5. The molecule has 102 valence electrons. The normalized spacial score (nSPS) is 12.9. The van der Waals surface area contributed by atoms with Crippen LogP contribution in [0.5, 0.6) is 11.5 Å². The van der Waals surface area contributed by atoms with Crippen LogP contribution in [-0.4, -0.2) is 18.9 Å². The molecule has 1 heterocycles. The summed E-state index contributed by atoms with van der Waals surface area (Å²) < 4.78 is 10.5. The first kappa shape index (κ1) is 13.4. The Kier molecular flexibility index (Phi) is 4.78. The predicted octanol–water partition coefficient (Wildman–Crippen LogP) is 2.45. The Morgan fingerprint density at radius 2 is 2.21 bits per heavy atom. The molecule has 0 unspecified atom stereocenters. The second-order valence-electron chi connectivity index (χ2n) is 4.36. The molecule has 0 saturated carbocycles. The maximum Gasteiger partial charge on any atom is 0.240 e. The van der Waals surface area contributed by atoms with Gasteiger partial charge in [0.15, 0.2) is 11.5 Å². The van der Waals surface area contributed by atoms with Crippen LogP contribution in [-0.2, 0) is 4.79 Å². The number of nitrogens with one attached hydrogen (secondary N) is 1. The van der Waals surface area contributed by atoms with Crippen LogP contribution >= 0.6 is 0 Å². The third kappa shape index (κ3) is 3.98. The summed E-state index contributed by atoms with van der Waals surface area (Å²) in [5.41, 5.74) is 3.38. The average molecular weight is 262 g/mol. The molecule has 5 nitrogen and oxygen atoms in total. The molecule has 5 heteroatoms. The number of benzene rings is 1. The highest BCUT2D eigenvalue weighted by Gasteiger charge is 2.12. The highest BCUT2D eigenvalue weighted by molar-refractivity contribution is 5.83. The van der Waals surface area contributed by atoms with Gasteiger partial charge in [0, 0.05) is 6.42 Å². The van der Waals surface area contributed by atoms with E-state index in [0.29, 0.717) is 12.2 Å². The molecule has 0 bridgehead atoms. The van der Waals surface area contributed by atoms with E-state index < -0.39 is 0 Å². The van der Waals surface area contributed by atoms with Gasteiger partial charge in [-0.05, 0) is 30.2 Å². The molecule has 0 aromatic heterocycles. The van der Waals surface area contributed by atoms with Crippen molar-refractivity contribution in [2.45, 2.75) is 32.6 Å². The maximum atomic E-state index is 11.4. The fourth-order valence-corrected chi connectivity index (χ4v) is 1.76. The zero-order valence-corrected chi connectivity index (χ0v) is 11.0. The minimum absolute atomic E-state index is 0.0505. The van der Waals surface area contributed by atoms with Gasteiger partial charge < -0.3 is 9.47 Å². The van der Waals surface area contributed by atoms with Crippen LogP contribution in [0.15, 0.2) is 23.3 Å². The number of carbonyl (C=O) groups is 1. The molecule has 1 amide bonds. The van der Waals surface area contributed by atoms with E-state index >= 15 is 0 Å². The Balaban J connectivity index is 1.80. The van der Waals surface area contributed by atoms with Gasteiger partial charge in [0.2, 0.25) is 12.7 Å². The van der Waals surface area contributed by atoms with Gasteiger partial charge in [-0.25, -0.2) is 5.43 Å². The molecule has 1 aromatic rings.